The second-order valence-electron chi connectivity index (χ2n) is 7.36. The third-order valence-corrected chi connectivity index (χ3v) is 5.66. The Balaban J connectivity index is 1.75. The van der Waals surface area contributed by atoms with Gasteiger partial charge in [-0.1, -0.05) is 36.8 Å². The molecule has 1 fully saturated rings. The van der Waals surface area contributed by atoms with Crippen LogP contribution >= 0.6 is 0 Å². The fraction of sp³-hybridized carbons (Fsp3) is 0.391. The summed E-state index contributed by atoms with van der Waals surface area (Å²) < 4.78 is 11.8. The minimum Gasteiger partial charge on any atom is -0.496 e. The summed E-state index contributed by atoms with van der Waals surface area (Å²) in [4.78, 5) is 2.36. The van der Waals surface area contributed by atoms with Crippen molar-refractivity contribution >= 4 is 11.0 Å². The van der Waals surface area contributed by atoms with Crippen molar-refractivity contribution in [2.45, 2.75) is 38.8 Å². The van der Waals surface area contributed by atoms with Crippen LogP contribution in [-0.2, 0) is 6.54 Å². The average molecular weight is 365 g/mol. The zero-order chi connectivity index (χ0) is 18.8. The smallest absolute Gasteiger partial charge is 0.135 e. The van der Waals surface area contributed by atoms with E-state index in [1.54, 1.807) is 7.11 Å². The third kappa shape index (κ3) is 3.47. The monoisotopic (exact) mass is 365 g/mol. The number of fused-ring (bicyclic) bond motifs is 1. The lowest BCUT2D eigenvalue weighted by Crippen LogP contribution is -2.41. The first-order valence-electron chi connectivity index (χ1n) is 9.71. The molecule has 0 bridgehead atoms. The molecule has 0 amide bonds. The van der Waals surface area contributed by atoms with Gasteiger partial charge >= 0.3 is 0 Å². The highest BCUT2D eigenvalue weighted by Crippen LogP contribution is 2.38. The van der Waals surface area contributed by atoms with Crippen molar-refractivity contribution in [3.05, 3.63) is 53.8 Å². The molecule has 1 saturated heterocycles. The van der Waals surface area contributed by atoms with Crippen LogP contribution in [0.2, 0.25) is 0 Å². The third-order valence-electron chi connectivity index (χ3n) is 5.66. The van der Waals surface area contributed by atoms with Crippen LogP contribution < -0.4 is 4.74 Å². The summed E-state index contributed by atoms with van der Waals surface area (Å²) >= 11 is 0. The average Bonchev–Trinajstić information content (AvgIpc) is 3.03. The Bertz CT molecular complexity index is 916. The number of aliphatic hydroxyl groups excluding tert-OH is 1. The Morgan fingerprint density at radius 3 is 2.74 bits per heavy atom. The Morgan fingerprint density at radius 1 is 1.19 bits per heavy atom. The highest BCUT2D eigenvalue weighted by Gasteiger charge is 2.24. The lowest BCUT2D eigenvalue weighted by molar-refractivity contribution is 0.0834. The number of piperidine rings is 1. The first-order valence-corrected chi connectivity index (χ1v) is 9.71. The Kier molecular flexibility index (Phi) is 5.19. The zero-order valence-electron chi connectivity index (χ0n) is 16.1. The molecule has 4 nitrogen and oxygen atoms in total. The number of likely N-dealkylation sites (tertiary alicyclic amines) is 1. The van der Waals surface area contributed by atoms with Crippen LogP contribution in [0.15, 0.2) is 46.9 Å². The van der Waals surface area contributed by atoms with Crippen LogP contribution in [0.25, 0.3) is 22.1 Å². The molecule has 1 atom stereocenters. The Labute approximate surface area is 160 Å². The van der Waals surface area contributed by atoms with E-state index in [0.717, 1.165) is 58.7 Å². The molecule has 1 N–H and O–H groups in total. The van der Waals surface area contributed by atoms with E-state index in [1.807, 2.05) is 25.1 Å². The van der Waals surface area contributed by atoms with E-state index < -0.39 is 0 Å². The van der Waals surface area contributed by atoms with Gasteiger partial charge in [-0.2, -0.15) is 0 Å². The quantitative estimate of drug-likeness (QED) is 0.708. The van der Waals surface area contributed by atoms with Crippen molar-refractivity contribution in [3.63, 3.8) is 0 Å². The number of furan rings is 1. The van der Waals surface area contributed by atoms with Gasteiger partial charge in [-0.15, -0.1) is 0 Å². The summed E-state index contributed by atoms with van der Waals surface area (Å²) in [5.74, 6) is 1.80. The van der Waals surface area contributed by atoms with Crippen molar-refractivity contribution in [3.8, 4) is 16.9 Å². The van der Waals surface area contributed by atoms with Crippen molar-refractivity contribution in [1.82, 2.24) is 4.90 Å². The number of benzene rings is 2. The van der Waals surface area contributed by atoms with Gasteiger partial charge in [-0.3, -0.25) is 4.90 Å². The molecule has 0 unspecified atom stereocenters. The minimum absolute atomic E-state index is 0.211. The normalized spacial score (nSPS) is 18.1. The molecule has 4 rings (SSSR count). The molecule has 0 aliphatic carbocycles. The van der Waals surface area contributed by atoms with Crippen LogP contribution in [0, 0.1) is 6.92 Å². The van der Waals surface area contributed by atoms with E-state index in [-0.39, 0.29) is 12.6 Å². The summed E-state index contributed by atoms with van der Waals surface area (Å²) in [5.41, 5.74) is 4.28. The van der Waals surface area contributed by atoms with Gasteiger partial charge in [-0.05, 0) is 44.0 Å². The highest BCUT2D eigenvalue weighted by atomic mass is 16.5. The maximum absolute atomic E-state index is 9.71. The van der Waals surface area contributed by atoms with E-state index in [0.29, 0.717) is 0 Å². The summed E-state index contributed by atoms with van der Waals surface area (Å²) in [6.07, 6.45) is 3.42. The predicted octanol–water partition coefficient (Wildman–Crippen LogP) is 4.76. The van der Waals surface area contributed by atoms with Gasteiger partial charge in [0.25, 0.3) is 0 Å². The van der Waals surface area contributed by atoms with Crippen molar-refractivity contribution < 1.29 is 14.3 Å². The predicted molar refractivity (Wildman–Crippen MR) is 108 cm³/mol. The molecule has 27 heavy (non-hydrogen) atoms. The van der Waals surface area contributed by atoms with Crippen LogP contribution in [-0.4, -0.2) is 36.3 Å². The van der Waals surface area contributed by atoms with Crippen LogP contribution in [0.3, 0.4) is 0 Å². The zero-order valence-corrected chi connectivity index (χ0v) is 16.1. The number of rotatable bonds is 5. The molecule has 1 aliphatic rings. The van der Waals surface area contributed by atoms with Crippen molar-refractivity contribution in [2.24, 2.45) is 0 Å². The summed E-state index contributed by atoms with van der Waals surface area (Å²) in [6, 6.07) is 14.8. The summed E-state index contributed by atoms with van der Waals surface area (Å²) in [6.45, 7) is 4.01. The van der Waals surface area contributed by atoms with E-state index >= 15 is 0 Å². The molecule has 0 saturated carbocycles. The maximum atomic E-state index is 9.71. The van der Waals surface area contributed by atoms with Crippen molar-refractivity contribution in [2.75, 3.05) is 20.3 Å². The molecule has 1 aliphatic heterocycles. The SMILES string of the molecule is COc1cc2c(-c3ccccc3)c(C)oc2cc1CN1CCCC[C@@H]1CO. The van der Waals surface area contributed by atoms with Gasteiger partial charge in [0.15, 0.2) is 0 Å². The molecule has 4 heteroatoms. The van der Waals surface area contributed by atoms with Crippen molar-refractivity contribution in [1.29, 1.82) is 0 Å². The number of aliphatic hydroxyl groups is 1. The fourth-order valence-electron chi connectivity index (χ4n) is 4.26. The van der Waals surface area contributed by atoms with Gasteiger partial charge in [0.05, 0.1) is 13.7 Å². The lowest BCUT2D eigenvalue weighted by Gasteiger charge is -2.34. The summed E-state index contributed by atoms with van der Waals surface area (Å²) in [7, 11) is 1.72. The molecular formula is C23H27NO3. The lowest BCUT2D eigenvalue weighted by atomic mass is 9.99. The number of methoxy groups -OCH3 is 1. The van der Waals surface area contributed by atoms with Crippen LogP contribution in [0.4, 0.5) is 0 Å². The highest BCUT2D eigenvalue weighted by molar-refractivity contribution is 5.97. The minimum atomic E-state index is 0.211. The molecule has 0 spiro atoms. The largest absolute Gasteiger partial charge is 0.496 e. The molecule has 2 aromatic carbocycles. The number of ether oxygens (including phenoxy) is 1. The number of aryl methyl sites for hydroxylation is 1. The number of nitrogens with zero attached hydrogens (tertiary/aromatic N) is 1. The summed E-state index contributed by atoms with van der Waals surface area (Å²) in [5, 5.41) is 10.8. The second kappa shape index (κ2) is 7.75. The second-order valence-corrected chi connectivity index (χ2v) is 7.36. The van der Waals surface area contributed by atoms with Gasteiger partial charge < -0.3 is 14.3 Å². The standard InChI is InChI=1S/C23H27NO3/c1-16-23(17-8-4-3-5-9-17)20-13-21(26-2)18(12-22(20)27-16)14-24-11-7-6-10-19(24)15-25/h3-5,8-9,12-13,19,25H,6-7,10-11,14-15H2,1-2H3/t19-/m1/s1. The molecule has 1 aromatic heterocycles. The van der Waals surface area contributed by atoms with Crippen LogP contribution in [0.1, 0.15) is 30.6 Å². The molecule has 3 aromatic rings. The van der Waals surface area contributed by atoms with Gasteiger partial charge in [0.1, 0.15) is 17.1 Å². The first-order chi connectivity index (χ1) is 13.2. The van der Waals surface area contributed by atoms with E-state index in [9.17, 15) is 5.11 Å². The Morgan fingerprint density at radius 2 is 2.00 bits per heavy atom. The fourth-order valence-corrected chi connectivity index (χ4v) is 4.26. The van der Waals surface area contributed by atoms with E-state index in [1.165, 1.54) is 12.8 Å². The van der Waals surface area contributed by atoms with Gasteiger partial charge in [-0.25, -0.2) is 0 Å². The molecule has 142 valence electrons. The van der Waals surface area contributed by atoms with E-state index in [2.05, 4.69) is 29.2 Å². The van der Waals surface area contributed by atoms with Crippen LogP contribution in [0.5, 0.6) is 5.75 Å². The van der Waals surface area contributed by atoms with Gasteiger partial charge in [0, 0.05) is 29.1 Å². The molecular weight excluding hydrogens is 338 g/mol. The Hall–Kier alpha value is -2.30. The first kappa shape index (κ1) is 18.1. The molecule has 0 radical (unpaired) electrons. The topological polar surface area (TPSA) is 45.8 Å². The van der Waals surface area contributed by atoms with E-state index in [4.69, 9.17) is 9.15 Å². The number of hydrogen-bond acceptors (Lipinski definition) is 4. The molecule has 2 heterocycles. The maximum Gasteiger partial charge on any atom is 0.135 e. The van der Waals surface area contributed by atoms with Gasteiger partial charge in [0.2, 0.25) is 0 Å². The number of hydrogen-bond donors (Lipinski definition) is 1.